The van der Waals surface area contributed by atoms with E-state index in [1.54, 1.807) is 19.0 Å². The number of benzene rings is 2. The lowest BCUT2D eigenvalue weighted by atomic mass is 9.58. The molecule has 4 atom stereocenters. The molecule has 1 amide bonds. The molecule has 4 unspecified atom stereocenters. The number of carbonyl (C=O) groups excluding carboxylic acids is 3. The highest BCUT2D eigenvalue weighted by Crippen LogP contribution is 2.54. The fraction of sp³-hybridized carbons (Fsp3) is 0.472. The summed E-state index contributed by atoms with van der Waals surface area (Å²) in [6, 6.07) is 11.4. The van der Waals surface area contributed by atoms with Crippen LogP contribution in [0.5, 0.6) is 5.75 Å². The number of carbonyl (C=O) groups is 3. The molecule has 2 aromatic rings. The molecule has 0 heterocycles. The van der Waals surface area contributed by atoms with Gasteiger partial charge in [-0.25, -0.2) is 0 Å². The minimum Gasteiger partial charge on any atom is -0.510 e. The minimum atomic E-state index is -2.67. The molecule has 0 radical (unpaired) electrons. The van der Waals surface area contributed by atoms with Crippen molar-refractivity contribution in [2.45, 2.75) is 62.6 Å². The molecule has 7 N–H and O–H groups in total. The number of phenols is 1. The zero-order valence-electron chi connectivity index (χ0n) is 27.3. The number of nitrogens with zero attached hydrogens (tertiary/aromatic N) is 2. The van der Waals surface area contributed by atoms with Crippen LogP contribution in [0.3, 0.4) is 0 Å². The number of fused-ring (bicyclic) bond motifs is 3. The Bertz CT molecular complexity index is 1690. The number of nitrogens with two attached hydrogens (primary N) is 1. The highest BCUT2D eigenvalue weighted by atomic mass is 16.3. The van der Waals surface area contributed by atoms with E-state index >= 15 is 0 Å². The van der Waals surface area contributed by atoms with Gasteiger partial charge in [-0.3, -0.25) is 19.3 Å². The quantitative estimate of drug-likeness (QED) is 0.194. The summed E-state index contributed by atoms with van der Waals surface area (Å²) in [6.45, 7) is 0. The number of hydrogen-bond acceptors (Lipinski definition) is 10. The van der Waals surface area contributed by atoms with E-state index in [-0.39, 0.29) is 35.8 Å². The third kappa shape index (κ3) is 5.25. The van der Waals surface area contributed by atoms with Gasteiger partial charge >= 0.3 is 0 Å². The van der Waals surface area contributed by atoms with Crippen molar-refractivity contribution >= 4 is 28.8 Å². The second-order valence-corrected chi connectivity index (χ2v) is 14.1. The van der Waals surface area contributed by atoms with E-state index in [9.17, 15) is 34.8 Å². The molecule has 1 fully saturated rings. The van der Waals surface area contributed by atoms with Gasteiger partial charge in [-0.2, -0.15) is 0 Å². The maximum absolute atomic E-state index is 14.3. The Balaban J connectivity index is 1.35. The van der Waals surface area contributed by atoms with Gasteiger partial charge in [0.05, 0.1) is 17.3 Å². The average Bonchev–Trinajstić information content (AvgIpc) is 3.01. The number of allylic oxidation sites excluding steroid dienone is 1. The van der Waals surface area contributed by atoms with Crippen molar-refractivity contribution in [2.24, 2.45) is 23.5 Å². The lowest BCUT2D eigenvalue weighted by Crippen LogP contribution is -2.63. The van der Waals surface area contributed by atoms with Crippen LogP contribution in [0.15, 0.2) is 59.1 Å². The van der Waals surface area contributed by atoms with Gasteiger partial charge in [0.25, 0.3) is 5.91 Å². The van der Waals surface area contributed by atoms with Gasteiger partial charge < -0.3 is 36.4 Å². The van der Waals surface area contributed by atoms with Gasteiger partial charge in [-0.1, -0.05) is 30.3 Å². The second kappa shape index (κ2) is 12.0. The highest BCUT2D eigenvalue weighted by molar-refractivity contribution is 6.25. The molecular weight excluding hydrogens is 600 g/mol. The molecule has 6 rings (SSSR count). The van der Waals surface area contributed by atoms with Crippen molar-refractivity contribution in [3.63, 3.8) is 0 Å². The molecule has 0 saturated heterocycles. The summed E-state index contributed by atoms with van der Waals surface area (Å²) >= 11 is 0. The molecule has 0 bridgehead atoms. The van der Waals surface area contributed by atoms with E-state index in [0.29, 0.717) is 17.2 Å². The molecule has 11 nitrogen and oxygen atoms in total. The zero-order chi connectivity index (χ0) is 33.9. The van der Waals surface area contributed by atoms with Gasteiger partial charge in [-0.05, 0) is 88.1 Å². The molecule has 0 aliphatic heterocycles. The van der Waals surface area contributed by atoms with E-state index in [1.165, 1.54) is 5.56 Å². The number of rotatable bonds is 7. The van der Waals surface area contributed by atoms with Gasteiger partial charge in [0.1, 0.15) is 22.8 Å². The first kappa shape index (κ1) is 32.6. The molecule has 47 heavy (non-hydrogen) atoms. The van der Waals surface area contributed by atoms with Crippen molar-refractivity contribution in [3.8, 4) is 5.75 Å². The number of anilines is 2. The molecule has 1 saturated carbocycles. The van der Waals surface area contributed by atoms with Crippen LogP contribution < -0.4 is 16.0 Å². The maximum Gasteiger partial charge on any atom is 0.255 e. The third-order valence-corrected chi connectivity index (χ3v) is 10.8. The normalized spacial score (nSPS) is 28.9. The number of hydrogen-bond donors (Lipinski definition) is 6. The summed E-state index contributed by atoms with van der Waals surface area (Å²) < 4.78 is 0. The fourth-order valence-electron chi connectivity index (χ4n) is 8.49. The van der Waals surface area contributed by atoms with Crippen molar-refractivity contribution in [3.05, 3.63) is 75.8 Å². The first-order chi connectivity index (χ1) is 22.2. The summed E-state index contributed by atoms with van der Waals surface area (Å²) in [6.07, 6.45) is 5.17. The minimum absolute atomic E-state index is 0.0113. The van der Waals surface area contributed by atoms with E-state index in [0.717, 1.165) is 37.8 Å². The number of ketones is 2. The predicted octanol–water partition coefficient (Wildman–Crippen LogP) is 3.40. The summed E-state index contributed by atoms with van der Waals surface area (Å²) in [4.78, 5) is 43.6. The Labute approximate surface area is 274 Å². The lowest BCUT2D eigenvalue weighted by molar-refractivity contribution is -0.148. The number of nitrogens with one attached hydrogen (secondary N) is 1. The van der Waals surface area contributed by atoms with Gasteiger partial charge in [0, 0.05) is 37.3 Å². The second-order valence-electron chi connectivity index (χ2n) is 14.1. The van der Waals surface area contributed by atoms with Crippen LogP contribution in [0.1, 0.15) is 53.6 Å². The summed E-state index contributed by atoms with van der Waals surface area (Å²) in [5.74, 6) is -6.00. The SMILES string of the molecule is CN(C)c1cc(NC2CCC(Cc3ccccc3)CC2)c(O)c2c1CC1CC3C(N(C)C)C(O)=C(C(N)=O)C(=O)C3(O)C(O)=C1C2=O. The van der Waals surface area contributed by atoms with Crippen LogP contribution in [0.2, 0.25) is 0 Å². The zero-order valence-corrected chi connectivity index (χ0v) is 27.3. The van der Waals surface area contributed by atoms with Gasteiger partial charge in [0.15, 0.2) is 11.4 Å². The Morgan fingerprint density at radius 3 is 2.28 bits per heavy atom. The number of primary amides is 1. The molecule has 4 aliphatic rings. The van der Waals surface area contributed by atoms with Crippen LogP contribution >= 0.6 is 0 Å². The lowest BCUT2D eigenvalue weighted by Gasteiger charge is -2.50. The standard InChI is InChI=1S/C36H44N4O7/c1-39(2)25-17-24(38-21-12-10-19(11-13-21)14-18-8-6-5-7-9-18)30(41)27-22(25)15-20-16-23-29(40(3)4)32(43)28(35(37)46)34(45)36(23,47)33(44)26(20)31(27)42/h5-9,17,19-21,23,29,38,41,43-44,47H,10-16H2,1-4H3,(H2,37,46). The van der Waals surface area contributed by atoms with Crippen molar-refractivity contribution in [2.75, 3.05) is 38.4 Å². The van der Waals surface area contributed by atoms with Crippen LogP contribution in [0.4, 0.5) is 11.4 Å². The van der Waals surface area contributed by atoms with Gasteiger partial charge in [-0.15, -0.1) is 0 Å². The molecular formula is C36H44N4O7. The number of aliphatic hydroxyl groups excluding tert-OH is 2. The molecule has 4 aliphatic carbocycles. The van der Waals surface area contributed by atoms with E-state index in [1.807, 2.05) is 31.1 Å². The number of aromatic hydroxyl groups is 1. The van der Waals surface area contributed by atoms with Crippen molar-refractivity contribution in [1.82, 2.24) is 4.90 Å². The van der Waals surface area contributed by atoms with Crippen LogP contribution in [-0.4, -0.2) is 88.7 Å². The maximum atomic E-state index is 14.3. The Kier molecular flexibility index (Phi) is 8.34. The van der Waals surface area contributed by atoms with Crippen LogP contribution in [0.25, 0.3) is 0 Å². The molecule has 0 aromatic heterocycles. The summed E-state index contributed by atoms with van der Waals surface area (Å²) in [5.41, 5.74) is 4.87. The van der Waals surface area contributed by atoms with E-state index in [4.69, 9.17) is 5.73 Å². The van der Waals surface area contributed by atoms with Crippen LogP contribution in [0, 0.1) is 17.8 Å². The Morgan fingerprint density at radius 2 is 1.68 bits per heavy atom. The molecule has 0 spiro atoms. The largest absolute Gasteiger partial charge is 0.510 e. The van der Waals surface area contributed by atoms with Crippen LogP contribution in [-0.2, 0) is 22.4 Å². The number of phenolic OH excluding ortho intramolecular Hbond substituents is 1. The van der Waals surface area contributed by atoms with Crippen molar-refractivity contribution < 1.29 is 34.8 Å². The number of Topliss-reactive ketones (excluding diaryl/α,β-unsaturated/α-hetero) is 2. The first-order valence-corrected chi connectivity index (χ1v) is 16.3. The Hall–Kier alpha value is -4.35. The topological polar surface area (TPSA) is 177 Å². The summed E-state index contributed by atoms with van der Waals surface area (Å²) in [7, 11) is 6.93. The molecule has 11 heteroatoms. The smallest absolute Gasteiger partial charge is 0.255 e. The third-order valence-electron chi connectivity index (χ3n) is 10.8. The monoisotopic (exact) mass is 644 g/mol. The summed E-state index contributed by atoms with van der Waals surface area (Å²) in [5, 5.41) is 49.7. The van der Waals surface area contributed by atoms with Gasteiger partial charge in [0.2, 0.25) is 5.78 Å². The Morgan fingerprint density at radius 1 is 1.02 bits per heavy atom. The highest BCUT2D eigenvalue weighted by Gasteiger charge is 2.63. The van der Waals surface area contributed by atoms with Crippen molar-refractivity contribution in [1.29, 1.82) is 0 Å². The molecule has 2 aromatic carbocycles. The molecule has 250 valence electrons. The van der Waals surface area contributed by atoms with E-state index in [2.05, 4.69) is 29.6 Å². The number of amides is 1. The fourth-order valence-corrected chi connectivity index (χ4v) is 8.49. The first-order valence-electron chi connectivity index (χ1n) is 16.3. The number of aliphatic hydroxyl groups is 3. The van der Waals surface area contributed by atoms with E-state index < -0.39 is 58.0 Å². The number of likely N-dealkylation sites (N-methyl/N-ethyl adjacent to an activating group) is 1. The predicted molar refractivity (Wildman–Crippen MR) is 178 cm³/mol. The average molecular weight is 645 g/mol.